The summed E-state index contributed by atoms with van der Waals surface area (Å²) in [4.78, 5) is 12.1. The minimum absolute atomic E-state index is 0.179. The zero-order chi connectivity index (χ0) is 13.7. The normalized spacial score (nSPS) is 14.6. The van der Waals surface area contributed by atoms with Crippen molar-refractivity contribution in [2.45, 2.75) is 25.8 Å². The van der Waals surface area contributed by atoms with E-state index in [2.05, 4.69) is 15.9 Å². The number of fused-ring (bicyclic) bond motifs is 1. The molecule has 0 unspecified atom stereocenters. The Morgan fingerprint density at radius 1 is 1.47 bits per heavy atom. The lowest BCUT2D eigenvalue weighted by atomic mass is 10.1. The number of aromatic nitrogens is 1. The van der Waals surface area contributed by atoms with Gasteiger partial charge in [0.25, 0.3) is 5.56 Å². The van der Waals surface area contributed by atoms with Gasteiger partial charge >= 0.3 is 0 Å². The van der Waals surface area contributed by atoms with Crippen molar-refractivity contribution in [3.8, 4) is 6.07 Å². The van der Waals surface area contributed by atoms with Crippen molar-refractivity contribution < 1.29 is 4.39 Å². The highest BCUT2D eigenvalue weighted by Crippen LogP contribution is 2.38. The van der Waals surface area contributed by atoms with Gasteiger partial charge in [0.05, 0.1) is 15.6 Å². The number of nitriles is 1. The number of nitrogens with zero attached hydrogens (tertiary/aromatic N) is 2. The molecule has 0 aliphatic heterocycles. The largest absolute Gasteiger partial charge is 0.305 e. The van der Waals surface area contributed by atoms with Crippen molar-refractivity contribution in [2.24, 2.45) is 0 Å². The Hall–Kier alpha value is -1.67. The fourth-order valence-electron chi connectivity index (χ4n) is 2.43. The van der Waals surface area contributed by atoms with Crippen LogP contribution in [-0.2, 0) is 0 Å². The Balaban J connectivity index is 2.57. The second-order valence-electron chi connectivity index (χ2n) is 4.80. The summed E-state index contributed by atoms with van der Waals surface area (Å²) < 4.78 is 15.9. The minimum Gasteiger partial charge on any atom is -0.305 e. The minimum atomic E-state index is -0.414. The summed E-state index contributed by atoms with van der Waals surface area (Å²) in [5, 5.41) is 9.63. The molecule has 1 heterocycles. The molecule has 0 atom stereocenters. The summed E-state index contributed by atoms with van der Waals surface area (Å²) in [6, 6.07) is 4.78. The van der Waals surface area contributed by atoms with Gasteiger partial charge in [-0.1, -0.05) is 0 Å². The lowest BCUT2D eigenvalue weighted by Crippen LogP contribution is -2.20. The molecule has 2 aromatic rings. The third-order valence-electron chi connectivity index (χ3n) is 3.49. The van der Waals surface area contributed by atoms with Crippen LogP contribution in [0.1, 0.15) is 30.0 Å². The van der Waals surface area contributed by atoms with Crippen molar-refractivity contribution in [1.82, 2.24) is 4.57 Å². The van der Waals surface area contributed by atoms with Crippen molar-refractivity contribution in [2.75, 3.05) is 0 Å². The van der Waals surface area contributed by atoms with E-state index in [1.54, 1.807) is 11.5 Å². The number of halogens is 2. The van der Waals surface area contributed by atoms with Crippen LogP contribution >= 0.6 is 15.9 Å². The van der Waals surface area contributed by atoms with Gasteiger partial charge in [0.15, 0.2) is 0 Å². The molecule has 1 aliphatic rings. The quantitative estimate of drug-likeness (QED) is 0.808. The number of aryl methyl sites for hydroxylation is 1. The fraction of sp³-hybridized carbons (Fsp3) is 0.286. The predicted octanol–water partition coefficient (Wildman–Crippen LogP) is 3.42. The number of pyridine rings is 1. The maximum atomic E-state index is 13.8. The standard InChI is InChI=1S/C14H10BrFN2O/c1-7-13(15)11(16)5-10-8(6-17)4-12(19)18(14(7)10)9-2-3-9/h4-5,9H,2-3H2,1H3. The summed E-state index contributed by atoms with van der Waals surface area (Å²) in [6.45, 7) is 1.76. The lowest BCUT2D eigenvalue weighted by Gasteiger charge is -2.14. The Kier molecular flexibility index (Phi) is 2.72. The molecule has 5 heteroatoms. The van der Waals surface area contributed by atoms with Crippen molar-refractivity contribution in [3.05, 3.63) is 43.9 Å². The van der Waals surface area contributed by atoms with Crippen molar-refractivity contribution in [1.29, 1.82) is 5.26 Å². The molecule has 1 aromatic carbocycles. The van der Waals surface area contributed by atoms with Crippen LogP contribution in [0.4, 0.5) is 4.39 Å². The van der Waals surface area contributed by atoms with Crippen LogP contribution in [0.25, 0.3) is 10.9 Å². The molecule has 1 saturated carbocycles. The third-order valence-corrected chi connectivity index (χ3v) is 4.46. The molecule has 3 rings (SSSR count). The topological polar surface area (TPSA) is 45.8 Å². The molecular weight excluding hydrogens is 311 g/mol. The Bertz CT molecular complexity index is 800. The second kappa shape index (κ2) is 4.17. The monoisotopic (exact) mass is 320 g/mol. The van der Waals surface area contributed by atoms with E-state index in [0.29, 0.717) is 20.9 Å². The molecule has 0 bridgehead atoms. The predicted molar refractivity (Wildman–Crippen MR) is 73.6 cm³/mol. The van der Waals surface area contributed by atoms with Gasteiger partial charge in [0.2, 0.25) is 0 Å². The Labute approximate surface area is 117 Å². The van der Waals surface area contributed by atoms with Crippen LogP contribution in [0.5, 0.6) is 0 Å². The van der Waals surface area contributed by atoms with Gasteiger partial charge in [-0.3, -0.25) is 4.79 Å². The first-order valence-electron chi connectivity index (χ1n) is 5.98. The van der Waals surface area contributed by atoms with Gasteiger partial charge in [0.1, 0.15) is 11.9 Å². The van der Waals surface area contributed by atoms with E-state index in [4.69, 9.17) is 5.26 Å². The maximum Gasteiger partial charge on any atom is 0.252 e. The zero-order valence-electron chi connectivity index (χ0n) is 10.2. The van der Waals surface area contributed by atoms with Crippen LogP contribution in [0.2, 0.25) is 0 Å². The highest BCUT2D eigenvalue weighted by molar-refractivity contribution is 9.10. The molecular formula is C14H10BrFN2O. The first-order chi connectivity index (χ1) is 9.04. The maximum absolute atomic E-state index is 13.8. The van der Waals surface area contributed by atoms with Gasteiger partial charge in [0, 0.05) is 17.5 Å². The second-order valence-corrected chi connectivity index (χ2v) is 5.60. The SMILES string of the molecule is Cc1c(Br)c(F)cc2c(C#N)cc(=O)n(C3CC3)c12. The van der Waals surface area contributed by atoms with Gasteiger partial charge in [-0.15, -0.1) is 0 Å². The van der Waals surface area contributed by atoms with Crippen LogP contribution in [0.15, 0.2) is 21.4 Å². The highest BCUT2D eigenvalue weighted by Gasteiger charge is 2.28. The molecule has 96 valence electrons. The molecule has 0 N–H and O–H groups in total. The Morgan fingerprint density at radius 2 is 2.16 bits per heavy atom. The number of rotatable bonds is 1. The van der Waals surface area contributed by atoms with Crippen LogP contribution < -0.4 is 5.56 Å². The molecule has 0 saturated heterocycles. The summed E-state index contributed by atoms with van der Waals surface area (Å²) in [6.07, 6.45) is 1.91. The lowest BCUT2D eigenvalue weighted by molar-refractivity contribution is 0.620. The van der Waals surface area contributed by atoms with Gasteiger partial charge in [-0.25, -0.2) is 4.39 Å². The van der Waals surface area contributed by atoms with E-state index >= 15 is 0 Å². The van der Waals surface area contributed by atoms with Crippen molar-refractivity contribution >= 4 is 26.8 Å². The molecule has 1 aliphatic carbocycles. The van der Waals surface area contributed by atoms with E-state index in [9.17, 15) is 9.18 Å². The summed E-state index contributed by atoms with van der Waals surface area (Å²) in [5.74, 6) is -0.414. The van der Waals surface area contributed by atoms with Gasteiger partial charge in [-0.05, 0) is 47.3 Å². The average Bonchev–Trinajstić information content (AvgIpc) is 3.20. The summed E-state index contributed by atoms with van der Waals surface area (Å²) >= 11 is 3.20. The van der Waals surface area contributed by atoms with E-state index in [1.807, 2.05) is 6.07 Å². The van der Waals surface area contributed by atoms with E-state index in [0.717, 1.165) is 12.8 Å². The fourth-order valence-corrected chi connectivity index (χ4v) is 2.73. The summed E-state index contributed by atoms with van der Waals surface area (Å²) in [7, 11) is 0. The average molecular weight is 321 g/mol. The molecule has 0 radical (unpaired) electrons. The van der Waals surface area contributed by atoms with Gasteiger partial charge in [-0.2, -0.15) is 5.26 Å². The number of hydrogen-bond donors (Lipinski definition) is 0. The smallest absolute Gasteiger partial charge is 0.252 e. The number of benzene rings is 1. The molecule has 3 nitrogen and oxygen atoms in total. The van der Waals surface area contributed by atoms with Crippen LogP contribution in [0.3, 0.4) is 0 Å². The highest BCUT2D eigenvalue weighted by atomic mass is 79.9. The van der Waals surface area contributed by atoms with E-state index in [1.165, 1.54) is 12.1 Å². The van der Waals surface area contributed by atoms with Crippen LogP contribution in [0, 0.1) is 24.1 Å². The van der Waals surface area contributed by atoms with Crippen molar-refractivity contribution in [3.63, 3.8) is 0 Å². The molecule has 19 heavy (non-hydrogen) atoms. The molecule has 1 aromatic heterocycles. The molecule has 1 fully saturated rings. The van der Waals surface area contributed by atoms with Crippen LogP contribution in [-0.4, -0.2) is 4.57 Å². The van der Waals surface area contributed by atoms with Gasteiger partial charge < -0.3 is 4.57 Å². The zero-order valence-corrected chi connectivity index (χ0v) is 11.8. The summed E-state index contributed by atoms with van der Waals surface area (Å²) in [5.41, 5.74) is 1.37. The third kappa shape index (κ3) is 1.79. The first-order valence-corrected chi connectivity index (χ1v) is 6.78. The Morgan fingerprint density at radius 3 is 2.74 bits per heavy atom. The van der Waals surface area contributed by atoms with E-state index < -0.39 is 5.82 Å². The molecule has 0 spiro atoms. The first kappa shape index (κ1) is 12.4. The molecule has 0 amide bonds. The van der Waals surface area contributed by atoms with E-state index in [-0.39, 0.29) is 17.2 Å². The number of hydrogen-bond acceptors (Lipinski definition) is 2.